The SMILES string of the molecule is OC1=CC=CCCCC1.[Ru+]. The molecule has 0 heterocycles. The van der Waals surface area contributed by atoms with Crippen LogP contribution in [-0.2, 0) is 19.5 Å². The minimum Gasteiger partial charge on any atom is -0.512 e. The monoisotopic (exact) mass is 226 g/mol. The molecule has 0 spiro atoms. The molecule has 1 aliphatic carbocycles. The molecule has 1 nitrogen and oxygen atoms in total. The molecular formula is C8H12ORu+. The average Bonchev–Trinajstić information content (AvgIpc) is 1.79. The molecule has 0 aromatic carbocycles. The Morgan fingerprint density at radius 2 is 2.10 bits per heavy atom. The number of hydrogen-bond acceptors (Lipinski definition) is 1. The van der Waals surface area contributed by atoms with Gasteiger partial charge in [-0.15, -0.1) is 0 Å². The quantitative estimate of drug-likeness (QED) is 0.628. The minimum absolute atomic E-state index is 0. The summed E-state index contributed by atoms with van der Waals surface area (Å²) in [4.78, 5) is 0. The summed E-state index contributed by atoms with van der Waals surface area (Å²) in [5, 5.41) is 9.02. The van der Waals surface area contributed by atoms with Crippen molar-refractivity contribution in [1.29, 1.82) is 0 Å². The molecule has 0 saturated heterocycles. The van der Waals surface area contributed by atoms with Crippen molar-refractivity contribution in [2.45, 2.75) is 25.7 Å². The van der Waals surface area contributed by atoms with Crippen LogP contribution < -0.4 is 0 Å². The van der Waals surface area contributed by atoms with Gasteiger partial charge in [-0.1, -0.05) is 12.2 Å². The van der Waals surface area contributed by atoms with Crippen molar-refractivity contribution in [2.24, 2.45) is 0 Å². The van der Waals surface area contributed by atoms with E-state index in [2.05, 4.69) is 6.08 Å². The Morgan fingerprint density at radius 3 is 2.90 bits per heavy atom. The van der Waals surface area contributed by atoms with E-state index in [1.807, 2.05) is 6.08 Å². The molecule has 0 fully saturated rings. The van der Waals surface area contributed by atoms with E-state index in [4.69, 9.17) is 5.11 Å². The third-order valence-electron chi connectivity index (χ3n) is 1.48. The predicted octanol–water partition coefficient (Wildman–Crippen LogP) is 2.56. The normalized spacial score (nSPS) is 18.2. The second kappa shape index (κ2) is 5.67. The first-order valence-electron chi connectivity index (χ1n) is 3.44. The van der Waals surface area contributed by atoms with Crippen LogP contribution in [0.1, 0.15) is 25.7 Å². The van der Waals surface area contributed by atoms with Crippen LogP contribution in [0.15, 0.2) is 24.0 Å². The second-order valence-corrected chi connectivity index (χ2v) is 2.33. The Bertz CT molecular complexity index is 138. The Balaban J connectivity index is 0.000000810. The van der Waals surface area contributed by atoms with Crippen molar-refractivity contribution in [3.05, 3.63) is 24.0 Å². The first-order chi connectivity index (χ1) is 4.39. The molecule has 10 heavy (non-hydrogen) atoms. The van der Waals surface area contributed by atoms with Gasteiger partial charge in [-0.3, -0.25) is 0 Å². The number of rotatable bonds is 0. The molecule has 0 saturated carbocycles. The molecule has 1 aliphatic rings. The van der Waals surface area contributed by atoms with E-state index in [-0.39, 0.29) is 19.5 Å². The predicted molar refractivity (Wildman–Crippen MR) is 38.3 cm³/mol. The fraction of sp³-hybridized carbons (Fsp3) is 0.500. The van der Waals surface area contributed by atoms with Crippen LogP contribution >= 0.6 is 0 Å². The van der Waals surface area contributed by atoms with E-state index in [0.29, 0.717) is 5.76 Å². The van der Waals surface area contributed by atoms with Crippen LogP contribution in [0.25, 0.3) is 0 Å². The van der Waals surface area contributed by atoms with Crippen LogP contribution in [0.5, 0.6) is 0 Å². The van der Waals surface area contributed by atoms with Crippen LogP contribution in [0.4, 0.5) is 0 Å². The zero-order chi connectivity index (χ0) is 6.53. The molecule has 2 heteroatoms. The molecule has 1 N–H and O–H groups in total. The zero-order valence-corrected chi connectivity index (χ0v) is 7.60. The standard InChI is InChI=1S/C8H12O.Ru/c9-8-6-4-2-1-3-5-7-8;/h2,4,6,9H,1,3,5,7H2;/q;+1. The van der Waals surface area contributed by atoms with Crippen molar-refractivity contribution < 1.29 is 24.6 Å². The molecular weight excluding hydrogens is 213 g/mol. The van der Waals surface area contributed by atoms with Gasteiger partial charge in [-0.05, 0) is 25.3 Å². The van der Waals surface area contributed by atoms with Gasteiger partial charge < -0.3 is 5.11 Å². The molecule has 0 unspecified atom stereocenters. The molecule has 0 amide bonds. The van der Waals surface area contributed by atoms with Crippen LogP contribution in [0.2, 0.25) is 0 Å². The van der Waals surface area contributed by atoms with E-state index in [9.17, 15) is 0 Å². The molecule has 0 aromatic heterocycles. The Labute approximate surface area is 74.6 Å². The fourth-order valence-electron chi connectivity index (χ4n) is 0.927. The van der Waals surface area contributed by atoms with Gasteiger partial charge in [0.25, 0.3) is 0 Å². The Kier molecular flexibility index (Phi) is 5.62. The van der Waals surface area contributed by atoms with E-state index in [1.54, 1.807) is 6.08 Å². The fourth-order valence-corrected chi connectivity index (χ4v) is 0.927. The summed E-state index contributed by atoms with van der Waals surface area (Å²) in [6, 6.07) is 0. The molecule has 0 aliphatic heterocycles. The second-order valence-electron chi connectivity index (χ2n) is 2.33. The van der Waals surface area contributed by atoms with E-state index in [0.717, 1.165) is 19.3 Å². The smallest absolute Gasteiger partial charge is 0.512 e. The van der Waals surface area contributed by atoms with Crippen molar-refractivity contribution in [3.63, 3.8) is 0 Å². The zero-order valence-electron chi connectivity index (χ0n) is 5.86. The summed E-state index contributed by atoms with van der Waals surface area (Å²) < 4.78 is 0. The molecule has 0 aromatic rings. The van der Waals surface area contributed by atoms with Gasteiger partial charge in [0, 0.05) is 6.42 Å². The third-order valence-corrected chi connectivity index (χ3v) is 1.48. The van der Waals surface area contributed by atoms with Gasteiger partial charge in [0.1, 0.15) is 0 Å². The van der Waals surface area contributed by atoms with Gasteiger partial charge >= 0.3 is 19.5 Å². The van der Waals surface area contributed by atoms with E-state index in [1.165, 1.54) is 6.42 Å². The Morgan fingerprint density at radius 1 is 1.30 bits per heavy atom. The van der Waals surface area contributed by atoms with Crippen molar-refractivity contribution in [3.8, 4) is 0 Å². The maximum Gasteiger partial charge on any atom is 1.00 e. The van der Waals surface area contributed by atoms with Gasteiger partial charge in [0.2, 0.25) is 0 Å². The maximum absolute atomic E-state index is 9.02. The molecule has 57 valence electrons. The van der Waals surface area contributed by atoms with Crippen LogP contribution in [-0.4, -0.2) is 5.11 Å². The van der Waals surface area contributed by atoms with Gasteiger partial charge in [-0.25, -0.2) is 0 Å². The van der Waals surface area contributed by atoms with Crippen molar-refractivity contribution in [1.82, 2.24) is 0 Å². The molecule has 0 atom stereocenters. The summed E-state index contributed by atoms with van der Waals surface area (Å²) >= 11 is 0. The largest absolute Gasteiger partial charge is 1.00 e. The van der Waals surface area contributed by atoms with Crippen LogP contribution in [0, 0.1) is 0 Å². The summed E-state index contributed by atoms with van der Waals surface area (Å²) in [6.45, 7) is 0. The van der Waals surface area contributed by atoms with Gasteiger partial charge in [-0.2, -0.15) is 0 Å². The first kappa shape index (κ1) is 9.90. The number of hydrogen-bond donors (Lipinski definition) is 1. The molecule has 0 bridgehead atoms. The van der Waals surface area contributed by atoms with Gasteiger partial charge in [0.15, 0.2) is 0 Å². The number of allylic oxidation sites excluding steroid dienone is 4. The Hall–Kier alpha value is -0.0966. The van der Waals surface area contributed by atoms with Gasteiger partial charge in [0.05, 0.1) is 5.76 Å². The molecule has 1 rings (SSSR count). The summed E-state index contributed by atoms with van der Waals surface area (Å²) in [6.07, 6.45) is 10.1. The topological polar surface area (TPSA) is 20.2 Å². The average molecular weight is 225 g/mol. The summed E-state index contributed by atoms with van der Waals surface area (Å²) in [5.74, 6) is 0.519. The van der Waals surface area contributed by atoms with Crippen LogP contribution in [0.3, 0.4) is 0 Å². The minimum atomic E-state index is 0. The van der Waals surface area contributed by atoms with Crippen molar-refractivity contribution in [2.75, 3.05) is 0 Å². The van der Waals surface area contributed by atoms with Crippen molar-refractivity contribution >= 4 is 0 Å². The third kappa shape index (κ3) is 3.84. The summed E-state index contributed by atoms with van der Waals surface area (Å²) in [7, 11) is 0. The summed E-state index contributed by atoms with van der Waals surface area (Å²) in [5.41, 5.74) is 0. The van der Waals surface area contributed by atoms with E-state index < -0.39 is 0 Å². The number of aliphatic hydroxyl groups is 1. The van der Waals surface area contributed by atoms with E-state index >= 15 is 0 Å². The first-order valence-corrected chi connectivity index (χ1v) is 3.44. The number of aliphatic hydroxyl groups excluding tert-OH is 1. The maximum atomic E-state index is 9.02. The molecule has 1 radical (unpaired) electrons.